The van der Waals surface area contributed by atoms with E-state index in [9.17, 15) is 9.59 Å². The number of rotatable bonds is 5. The number of benzene rings is 2. The third-order valence-electron chi connectivity index (χ3n) is 3.74. The molecule has 3 rings (SSSR count). The van der Waals surface area contributed by atoms with Crippen molar-refractivity contribution in [2.45, 2.75) is 6.92 Å². The molecule has 0 aromatic heterocycles. The summed E-state index contributed by atoms with van der Waals surface area (Å²) in [5, 5.41) is 2.70. The zero-order valence-electron chi connectivity index (χ0n) is 14.4. The summed E-state index contributed by atoms with van der Waals surface area (Å²) in [6, 6.07) is 12.8. The Hall–Kier alpha value is -3.28. The second kappa shape index (κ2) is 8.20. The number of amides is 1. The van der Waals surface area contributed by atoms with Crippen LogP contribution in [0.1, 0.15) is 11.1 Å². The van der Waals surface area contributed by atoms with E-state index >= 15 is 0 Å². The Labute approximate surface area is 151 Å². The molecule has 0 aliphatic carbocycles. The molecule has 0 bridgehead atoms. The van der Waals surface area contributed by atoms with E-state index in [0.29, 0.717) is 30.4 Å². The highest BCUT2D eigenvalue weighted by atomic mass is 16.6. The van der Waals surface area contributed by atoms with Crippen LogP contribution in [0.5, 0.6) is 11.5 Å². The summed E-state index contributed by atoms with van der Waals surface area (Å²) in [5.41, 5.74) is 2.40. The number of ether oxygens (including phenoxy) is 3. The molecule has 0 spiro atoms. The molecule has 2 aromatic carbocycles. The van der Waals surface area contributed by atoms with Gasteiger partial charge in [0.25, 0.3) is 5.91 Å². The summed E-state index contributed by atoms with van der Waals surface area (Å²) in [4.78, 5) is 23.6. The molecule has 0 radical (unpaired) electrons. The maximum absolute atomic E-state index is 11.9. The van der Waals surface area contributed by atoms with Gasteiger partial charge in [-0.1, -0.05) is 24.3 Å². The quantitative estimate of drug-likeness (QED) is 0.661. The van der Waals surface area contributed by atoms with Crippen molar-refractivity contribution in [1.29, 1.82) is 0 Å². The fourth-order valence-corrected chi connectivity index (χ4v) is 2.41. The highest BCUT2D eigenvalue weighted by molar-refractivity contribution is 5.95. The highest BCUT2D eigenvalue weighted by Crippen LogP contribution is 2.31. The van der Waals surface area contributed by atoms with E-state index < -0.39 is 5.97 Å². The summed E-state index contributed by atoms with van der Waals surface area (Å²) in [6.45, 7) is 2.56. The minimum Gasteiger partial charge on any atom is -0.486 e. The molecule has 1 aliphatic heterocycles. The van der Waals surface area contributed by atoms with Crippen LogP contribution < -0.4 is 14.8 Å². The first kappa shape index (κ1) is 17.5. The van der Waals surface area contributed by atoms with Crippen molar-refractivity contribution in [3.8, 4) is 11.5 Å². The van der Waals surface area contributed by atoms with E-state index in [1.54, 1.807) is 24.3 Å². The van der Waals surface area contributed by atoms with Crippen LogP contribution in [0, 0.1) is 6.92 Å². The molecule has 2 aromatic rings. The Bertz CT molecular complexity index is 844. The summed E-state index contributed by atoms with van der Waals surface area (Å²) >= 11 is 0. The smallest absolute Gasteiger partial charge is 0.331 e. The molecule has 26 heavy (non-hydrogen) atoms. The molecule has 0 atom stereocenters. The Morgan fingerprint density at radius 1 is 1.12 bits per heavy atom. The Morgan fingerprint density at radius 3 is 2.69 bits per heavy atom. The van der Waals surface area contributed by atoms with Crippen molar-refractivity contribution >= 4 is 23.6 Å². The standard InChI is InChI=1S/C20H19NO5/c1-14-4-2-3-5-16(14)21-19(22)13-26-20(23)9-7-15-6-8-17-18(12-15)25-11-10-24-17/h2-9,12H,10-11,13H2,1H3,(H,21,22)/b9-7+. The molecular weight excluding hydrogens is 334 g/mol. The first-order valence-electron chi connectivity index (χ1n) is 8.22. The molecule has 134 valence electrons. The van der Waals surface area contributed by atoms with Crippen LogP contribution in [0.15, 0.2) is 48.5 Å². The third-order valence-corrected chi connectivity index (χ3v) is 3.74. The van der Waals surface area contributed by atoms with E-state index in [1.807, 2.05) is 31.2 Å². The fraction of sp³-hybridized carbons (Fsp3) is 0.200. The average molecular weight is 353 g/mol. The molecule has 1 N–H and O–H groups in total. The van der Waals surface area contributed by atoms with Gasteiger partial charge >= 0.3 is 5.97 Å². The largest absolute Gasteiger partial charge is 0.486 e. The molecule has 1 aliphatic rings. The molecule has 0 fully saturated rings. The van der Waals surface area contributed by atoms with Gasteiger partial charge in [-0.3, -0.25) is 4.79 Å². The summed E-state index contributed by atoms with van der Waals surface area (Å²) in [5.74, 6) is 0.341. The maximum atomic E-state index is 11.9. The molecule has 6 heteroatoms. The zero-order chi connectivity index (χ0) is 18.4. The monoisotopic (exact) mass is 353 g/mol. The van der Waals surface area contributed by atoms with Crippen molar-refractivity contribution < 1.29 is 23.8 Å². The van der Waals surface area contributed by atoms with Crippen LogP contribution in [0.25, 0.3) is 6.08 Å². The number of hydrogen-bond acceptors (Lipinski definition) is 5. The summed E-state index contributed by atoms with van der Waals surface area (Å²) in [6.07, 6.45) is 2.87. The molecule has 0 saturated carbocycles. The van der Waals surface area contributed by atoms with Gasteiger partial charge in [-0.05, 0) is 42.3 Å². The normalized spacial score (nSPS) is 12.7. The average Bonchev–Trinajstić information content (AvgIpc) is 2.66. The van der Waals surface area contributed by atoms with Gasteiger partial charge in [0.2, 0.25) is 0 Å². The third kappa shape index (κ3) is 4.63. The van der Waals surface area contributed by atoms with Crippen molar-refractivity contribution in [3.63, 3.8) is 0 Å². The van der Waals surface area contributed by atoms with Crippen molar-refractivity contribution in [1.82, 2.24) is 0 Å². The van der Waals surface area contributed by atoms with Gasteiger partial charge in [0, 0.05) is 11.8 Å². The molecule has 1 amide bonds. The van der Waals surface area contributed by atoms with E-state index in [0.717, 1.165) is 11.1 Å². The molecule has 0 saturated heterocycles. The number of esters is 1. The number of carbonyl (C=O) groups excluding carboxylic acids is 2. The highest BCUT2D eigenvalue weighted by Gasteiger charge is 2.11. The van der Waals surface area contributed by atoms with Crippen molar-refractivity contribution in [2.24, 2.45) is 0 Å². The van der Waals surface area contributed by atoms with E-state index in [1.165, 1.54) is 6.08 Å². The van der Waals surface area contributed by atoms with Crippen LogP contribution in [0.4, 0.5) is 5.69 Å². The van der Waals surface area contributed by atoms with Crippen molar-refractivity contribution in [3.05, 3.63) is 59.7 Å². The maximum Gasteiger partial charge on any atom is 0.331 e. The lowest BCUT2D eigenvalue weighted by Gasteiger charge is -2.18. The SMILES string of the molecule is Cc1ccccc1NC(=O)COC(=O)/C=C/c1ccc2c(c1)OCCO2. The number of anilines is 1. The zero-order valence-corrected chi connectivity index (χ0v) is 14.4. The van der Waals surface area contributed by atoms with Gasteiger partial charge in [0.15, 0.2) is 18.1 Å². The number of fused-ring (bicyclic) bond motifs is 1. The Morgan fingerprint density at radius 2 is 1.88 bits per heavy atom. The van der Waals surface area contributed by atoms with Crippen LogP contribution in [-0.4, -0.2) is 31.7 Å². The number of nitrogens with one attached hydrogen (secondary N) is 1. The predicted octanol–water partition coefficient (Wildman–Crippen LogP) is 2.96. The van der Waals surface area contributed by atoms with Crippen LogP contribution >= 0.6 is 0 Å². The lowest BCUT2D eigenvalue weighted by molar-refractivity contribution is -0.142. The molecular formula is C20H19NO5. The summed E-state index contributed by atoms with van der Waals surface area (Å²) in [7, 11) is 0. The lowest BCUT2D eigenvalue weighted by atomic mass is 10.2. The predicted molar refractivity (Wildman–Crippen MR) is 97.2 cm³/mol. The van der Waals surface area contributed by atoms with Gasteiger partial charge in [0.05, 0.1) is 0 Å². The molecule has 6 nitrogen and oxygen atoms in total. The lowest BCUT2D eigenvalue weighted by Crippen LogP contribution is -2.20. The van der Waals surface area contributed by atoms with Gasteiger partial charge < -0.3 is 19.5 Å². The van der Waals surface area contributed by atoms with E-state index in [-0.39, 0.29) is 12.5 Å². The summed E-state index contributed by atoms with van der Waals surface area (Å²) < 4.78 is 15.9. The van der Waals surface area contributed by atoms with Gasteiger partial charge in [-0.15, -0.1) is 0 Å². The minimum absolute atomic E-state index is 0.349. The fourth-order valence-electron chi connectivity index (χ4n) is 2.41. The number of carbonyl (C=O) groups is 2. The van der Waals surface area contributed by atoms with E-state index in [4.69, 9.17) is 14.2 Å². The van der Waals surface area contributed by atoms with E-state index in [2.05, 4.69) is 5.32 Å². The second-order valence-electron chi connectivity index (χ2n) is 5.71. The van der Waals surface area contributed by atoms with Gasteiger partial charge in [-0.2, -0.15) is 0 Å². The second-order valence-corrected chi connectivity index (χ2v) is 5.71. The van der Waals surface area contributed by atoms with Crippen LogP contribution in [0.2, 0.25) is 0 Å². The van der Waals surface area contributed by atoms with Gasteiger partial charge in [-0.25, -0.2) is 4.79 Å². The van der Waals surface area contributed by atoms with Gasteiger partial charge in [0.1, 0.15) is 13.2 Å². The number of para-hydroxylation sites is 1. The Balaban J connectivity index is 1.50. The van der Waals surface area contributed by atoms with Crippen molar-refractivity contribution in [2.75, 3.05) is 25.1 Å². The first-order chi connectivity index (χ1) is 12.6. The van der Waals surface area contributed by atoms with Crippen LogP contribution in [-0.2, 0) is 14.3 Å². The number of aryl methyl sites for hydroxylation is 1. The number of hydrogen-bond donors (Lipinski definition) is 1. The molecule has 1 heterocycles. The first-order valence-corrected chi connectivity index (χ1v) is 8.22. The van der Waals surface area contributed by atoms with Crippen LogP contribution in [0.3, 0.4) is 0 Å². The topological polar surface area (TPSA) is 73.9 Å². The Kier molecular flexibility index (Phi) is 5.53. The molecule has 0 unspecified atom stereocenters. The minimum atomic E-state index is -0.597.